The van der Waals surface area contributed by atoms with Gasteiger partial charge in [0, 0.05) is 18.5 Å². The molecule has 1 aliphatic rings. The van der Waals surface area contributed by atoms with Crippen LogP contribution in [0.15, 0.2) is 77.0 Å². The van der Waals surface area contributed by atoms with Gasteiger partial charge in [0.25, 0.3) is 0 Å². The minimum atomic E-state index is -1.32. The maximum atomic E-state index is 12.8. The fourth-order valence-electron chi connectivity index (χ4n) is 3.89. The molecule has 0 fully saturated rings. The third-order valence-corrected chi connectivity index (χ3v) is 7.65. The second-order valence-corrected chi connectivity index (χ2v) is 10.8. The van der Waals surface area contributed by atoms with E-state index in [4.69, 9.17) is 9.47 Å². The van der Waals surface area contributed by atoms with Crippen molar-refractivity contribution >= 4 is 33.1 Å². The summed E-state index contributed by atoms with van der Waals surface area (Å²) in [5.41, 5.74) is 2.05. The molecule has 158 valence electrons. The van der Waals surface area contributed by atoms with Crippen LogP contribution < -0.4 is 14.2 Å². The molecule has 6 heteroatoms. The number of nitrogens with one attached hydrogen (secondary N) is 1. The van der Waals surface area contributed by atoms with Crippen LogP contribution >= 0.6 is 11.3 Å². The Labute approximate surface area is 188 Å². The van der Waals surface area contributed by atoms with Gasteiger partial charge in [-0.2, -0.15) is 0 Å². The maximum absolute atomic E-state index is 12.8. The summed E-state index contributed by atoms with van der Waals surface area (Å²) in [5.74, 6) is 1.50. The summed E-state index contributed by atoms with van der Waals surface area (Å²) < 4.78 is 28.9. The van der Waals surface area contributed by atoms with Crippen molar-refractivity contribution in [1.29, 1.82) is 0 Å². The molecule has 0 saturated heterocycles. The SMILES string of the molecule is CC1(C)Cc2cccc(Oc3ccc(S(=O)NCc4cccc5ccccc45)s3)c2O1. The van der Waals surface area contributed by atoms with Gasteiger partial charge >= 0.3 is 0 Å². The molecule has 2 heterocycles. The minimum Gasteiger partial charge on any atom is -0.483 e. The van der Waals surface area contributed by atoms with Crippen LogP contribution in [0.1, 0.15) is 25.0 Å². The fraction of sp³-hybridized carbons (Fsp3) is 0.200. The predicted octanol–water partition coefficient (Wildman–Crippen LogP) is 6.22. The highest BCUT2D eigenvalue weighted by Crippen LogP contribution is 2.44. The van der Waals surface area contributed by atoms with Crippen molar-refractivity contribution in [2.75, 3.05) is 0 Å². The first kappa shape index (κ1) is 20.2. The van der Waals surface area contributed by atoms with Crippen LogP contribution in [0.3, 0.4) is 0 Å². The zero-order chi connectivity index (χ0) is 21.4. The molecule has 1 atom stereocenters. The molecular formula is C25H23NO3S2. The highest BCUT2D eigenvalue weighted by atomic mass is 32.2. The molecule has 4 nitrogen and oxygen atoms in total. The third kappa shape index (κ3) is 4.24. The van der Waals surface area contributed by atoms with Gasteiger partial charge in [-0.3, -0.25) is 0 Å². The molecular weight excluding hydrogens is 426 g/mol. The van der Waals surface area contributed by atoms with Crippen LogP contribution in [0.4, 0.5) is 0 Å². The molecule has 0 saturated carbocycles. The average molecular weight is 450 g/mol. The Morgan fingerprint density at radius 1 is 1.03 bits per heavy atom. The number of thiophene rings is 1. The van der Waals surface area contributed by atoms with Crippen molar-refractivity contribution in [2.24, 2.45) is 0 Å². The largest absolute Gasteiger partial charge is 0.483 e. The average Bonchev–Trinajstić information content (AvgIpc) is 3.35. The normalized spacial score (nSPS) is 15.4. The molecule has 4 aromatic rings. The fourth-order valence-corrected chi connectivity index (χ4v) is 5.84. The van der Waals surface area contributed by atoms with E-state index in [1.807, 2.05) is 42.5 Å². The van der Waals surface area contributed by atoms with E-state index in [0.29, 0.717) is 17.4 Å². The lowest BCUT2D eigenvalue weighted by molar-refractivity contribution is 0.135. The second-order valence-electron chi connectivity index (χ2n) is 8.19. The standard InChI is InChI=1S/C25H23NO3S2/c1-25(2)15-18-9-6-12-21(24(18)29-25)28-22-13-14-23(30-22)31(27)26-16-19-10-5-8-17-7-3-4-11-20(17)19/h3-14,26H,15-16H2,1-2H3. The first-order valence-corrected chi connectivity index (χ1v) is 12.2. The zero-order valence-corrected chi connectivity index (χ0v) is 19.0. The van der Waals surface area contributed by atoms with E-state index in [1.54, 1.807) is 0 Å². The van der Waals surface area contributed by atoms with Gasteiger partial charge in [0.05, 0.1) is 0 Å². The molecule has 3 aromatic carbocycles. The summed E-state index contributed by atoms with van der Waals surface area (Å²) in [6, 6.07) is 24.1. The van der Waals surface area contributed by atoms with Gasteiger partial charge in [0.15, 0.2) is 16.6 Å². The number of benzene rings is 3. The third-order valence-electron chi connectivity index (χ3n) is 5.28. The van der Waals surface area contributed by atoms with Gasteiger partial charge in [-0.1, -0.05) is 65.9 Å². The summed E-state index contributed by atoms with van der Waals surface area (Å²) >= 11 is 1.38. The van der Waals surface area contributed by atoms with Crippen LogP contribution in [-0.4, -0.2) is 9.81 Å². The van der Waals surface area contributed by atoms with Crippen molar-refractivity contribution in [3.63, 3.8) is 0 Å². The van der Waals surface area contributed by atoms with E-state index in [0.717, 1.165) is 27.5 Å². The van der Waals surface area contributed by atoms with Gasteiger partial charge in [-0.25, -0.2) is 8.93 Å². The molecule has 1 aliphatic heterocycles. The lowest BCUT2D eigenvalue weighted by Crippen LogP contribution is -2.24. The lowest BCUT2D eigenvalue weighted by Gasteiger charge is -2.17. The first-order valence-electron chi connectivity index (χ1n) is 10.2. The molecule has 0 aliphatic carbocycles. The molecule has 0 spiro atoms. The number of ether oxygens (including phenoxy) is 2. The molecule has 1 aromatic heterocycles. The Morgan fingerprint density at radius 3 is 2.74 bits per heavy atom. The second kappa shape index (κ2) is 8.11. The summed E-state index contributed by atoms with van der Waals surface area (Å²) in [5, 5.41) is 3.04. The smallest absolute Gasteiger partial charge is 0.182 e. The van der Waals surface area contributed by atoms with Crippen molar-refractivity contribution in [3.8, 4) is 16.6 Å². The molecule has 5 rings (SSSR count). The maximum Gasteiger partial charge on any atom is 0.182 e. The molecule has 0 radical (unpaired) electrons. The summed E-state index contributed by atoms with van der Waals surface area (Å²) in [6.07, 6.45) is 0.858. The summed E-state index contributed by atoms with van der Waals surface area (Å²) in [6.45, 7) is 4.67. The molecule has 0 bridgehead atoms. The summed E-state index contributed by atoms with van der Waals surface area (Å²) in [4.78, 5) is 0. The number of rotatable bonds is 6. The Balaban J connectivity index is 1.28. The first-order chi connectivity index (χ1) is 15.0. The van der Waals surface area contributed by atoms with E-state index >= 15 is 0 Å². The van der Waals surface area contributed by atoms with Crippen molar-refractivity contribution in [3.05, 3.63) is 83.9 Å². The van der Waals surface area contributed by atoms with Crippen molar-refractivity contribution in [2.45, 2.75) is 36.6 Å². The minimum absolute atomic E-state index is 0.227. The highest BCUT2D eigenvalue weighted by Gasteiger charge is 2.32. The van der Waals surface area contributed by atoms with E-state index in [1.165, 1.54) is 22.1 Å². The van der Waals surface area contributed by atoms with Gasteiger partial charge in [0.1, 0.15) is 20.8 Å². The summed E-state index contributed by atoms with van der Waals surface area (Å²) in [7, 11) is -1.32. The predicted molar refractivity (Wildman–Crippen MR) is 126 cm³/mol. The van der Waals surface area contributed by atoms with Gasteiger partial charge in [-0.15, -0.1) is 0 Å². The number of hydrogen-bond donors (Lipinski definition) is 1. The van der Waals surface area contributed by atoms with Crippen LogP contribution in [0.5, 0.6) is 16.6 Å². The number of hydrogen-bond acceptors (Lipinski definition) is 4. The molecule has 0 amide bonds. The topological polar surface area (TPSA) is 47.6 Å². The van der Waals surface area contributed by atoms with E-state index < -0.39 is 11.0 Å². The lowest BCUT2D eigenvalue weighted by atomic mass is 10.0. The monoisotopic (exact) mass is 449 g/mol. The van der Waals surface area contributed by atoms with Crippen LogP contribution in [-0.2, 0) is 24.0 Å². The Kier molecular flexibility index (Phi) is 5.30. The van der Waals surface area contributed by atoms with Crippen LogP contribution in [0, 0.1) is 0 Å². The number of fused-ring (bicyclic) bond motifs is 2. The molecule has 1 unspecified atom stereocenters. The van der Waals surface area contributed by atoms with Crippen molar-refractivity contribution in [1.82, 2.24) is 4.72 Å². The van der Waals surface area contributed by atoms with Crippen LogP contribution in [0.25, 0.3) is 10.8 Å². The molecule has 1 N–H and O–H groups in total. The van der Waals surface area contributed by atoms with E-state index in [2.05, 4.69) is 48.9 Å². The van der Waals surface area contributed by atoms with Crippen LogP contribution in [0.2, 0.25) is 0 Å². The van der Waals surface area contributed by atoms with Gasteiger partial charge < -0.3 is 9.47 Å². The Morgan fingerprint density at radius 2 is 1.84 bits per heavy atom. The van der Waals surface area contributed by atoms with E-state index in [9.17, 15) is 4.21 Å². The van der Waals surface area contributed by atoms with E-state index in [-0.39, 0.29) is 5.60 Å². The Hall–Kier alpha value is -2.67. The van der Waals surface area contributed by atoms with Crippen molar-refractivity contribution < 1.29 is 13.7 Å². The zero-order valence-electron chi connectivity index (χ0n) is 17.4. The number of para-hydroxylation sites is 1. The van der Waals surface area contributed by atoms with Gasteiger partial charge in [0.2, 0.25) is 0 Å². The molecule has 31 heavy (non-hydrogen) atoms. The Bertz CT molecular complexity index is 1270. The quantitative estimate of drug-likeness (QED) is 0.380. The van der Waals surface area contributed by atoms with Gasteiger partial charge in [-0.05, 0) is 48.4 Å². The highest BCUT2D eigenvalue weighted by molar-refractivity contribution is 7.85.